The van der Waals surface area contributed by atoms with Gasteiger partial charge in [-0.15, -0.1) is 0 Å². The average molecular weight is 173 g/mol. The summed E-state index contributed by atoms with van der Waals surface area (Å²) in [4.78, 5) is 2.18. The molecule has 1 rings (SSSR count). The average Bonchev–Trinajstić information content (AvgIpc) is 2.37. The lowest BCUT2D eigenvalue weighted by Gasteiger charge is -2.26. The van der Waals surface area contributed by atoms with Crippen molar-refractivity contribution >= 4 is 0 Å². The largest absolute Gasteiger partial charge is 0.388 e. The molecule has 2 heteroatoms. The van der Waals surface area contributed by atoms with Crippen LogP contribution in [0.5, 0.6) is 0 Å². The molecule has 1 fully saturated rings. The van der Waals surface area contributed by atoms with Crippen LogP contribution >= 0.6 is 0 Å². The number of likely N-dealkylation sites (N-methyl/N-ethyl adjacent to an activating group) is 1. The predicted octanol–water partition coefficient (Wildman–Crippen LogP) is 1.74. The standard InChI is InChI=1S/C8H17NO.C2H6/c1-7(2)8(10)4-5-9(3)6-8;1-2/h7,10H,4-6H2,1-3H3;1-2H3. The molecule has 1 N–H and O–H groups in total. The second-order valence-electron chi connectivity index (χ2n) is 3.75. The van der Waals surface area contributed by atoms with Gasteiger partial charge >= 0.3 is 0 Å². The van der Waals surface area contributed by atoms with Crippen LogP contribution in [0.3, 0.4) is 0 Å². The van der Waals surface area contributed by atoms with Crippen molar-refractivity contribution in [3.05, 3.63) is 0 Å². The number of β-amino-alcohol motifs (C(OH)–C–C–N with tert-alkyl or cyclic N) is 1. The molecule has 2 nitrogen and oxygen atoms in total. The van der Waals surface area contributed by atoms with Gasteiger partial charge in [-0.25, -0.2) is 0 Å². The van der Waals surface area contributed by atoms with Crippen molar-refractivity contribution in [1.82, 2.24) is 4.90 Å². The number of aliphatic hydroxyl groups is 1. The summed E-state index contributed by atoms with van der Waals surface area (Å²) < 4.78 is 0. The molecule has 1 atom stereocenters. The van der Waals surface area contributed by atoms with Crippen molar-refractivity contribution < 1.29 is 5.11 Å². The van der Waals surface area contributed by atoms with Gasteiger partial charge in [0.15, 0.2) is 0 Å². The smallest absolute Gasteiger partial charge is 0.0808 e. The summed E-state index contributed by atoms with van der Waals surface area (Å²) in [5.74, 6) is 0.387. The Labute approximate surface area is 76.6 Å². The highest BCUT2D eigenvalue weighted by atomic mass is 16.3. The lowest BCUT2D eigenvalue weighted by molar-refractivity contribution is 0.00691. The number of rotatable bonds is 1. The van der Waals surface area contributed by atoms with Gasteiger partial charge in [0.25, 0.3) is 0 Å². The quantitative estimate of drug-likeness (QED) is 0.653. The Kier molecular flexibility index (Phi) is 4.80. The highest BCUT2D eigenvalue weighted by Gasteiger charge is 2.36. The molecule has 12 heavy (non-hydrogen) atoms. The topological polar surface area (TPSA) is 23.5 Å². The zero-order valence-electron chi connectivity index (χ0n) is 9.09. The summed E-state index contributed by atoms with van der Waals surface area (Å²) in [6, 6.07) is 0. The van der Waals surface area contributed by atoms with Crippen LogP contribution in [0.25, 0.3) is 0 Å². The minimum absolute atomic E-state index is 0.387. The highest BCUT2D eigenvalue weighted by Crippen LogP contribution is 2.27. The number of hydrogen-bond acceptors (Lipinski definition) is 2. The van der Waals surface area contributed by atoms with Gasteiger partial charge in [0, 0.05) is 13.1 Å². The zero-order chi connectivity index (χ0) is 9.78. The lowest BCUT2D eigenvalue weighted by atomic mass is 9.90. The van der Waals surface area contributed by atoms with Crippen LogP contribution in [-0.4, -0.2) is 35.7 Å². The van der Waals surface area contributed by atoms with Crippen LogP contribution in [0.2, 0.25) is 0 Å². The molecule has 0 aromatic heterocycles. The van der Waals surface area contributed by atoms with Crippen LogP contribution < -0.4 is 0 Å². The normalized spacial score (nSPS) is 30.2. The summed E-state index contributed by atoms with van der Waals surface area (Å²) in [6.07, 6.45) is 0.932. The first kappa shape index (κ1) is 11.9. The maximum atomic E-state index is 9.90. The van der Waals surface area contributed by atoms with Gasteiger partial charge in [0.2, 0.25) is 0 Å². The second-order valence-corrected chi connectivity index (χ2v) is 3.75. The molecule has 1 heterocycles. The van der Waals surface area contributed by atoms with E-state index in [9.17, 15) is 5.11 Å². The lowest BCUT2D eigenvalue weighted by Crippen LogP contribution is -2.37. The van der Waals surface area contributed by atoms with E-state index in [2.05, 4.69) is 25.8 Å². The van der Waals surface area contributed by atoms with E-state index in [1.807, 2.05) is 13.8 Å². The molecule has 0 spiro atoms. The molecule has 0 amide bonds. The molecular formula is C10H23NO. The zero-order valence-corrected chi connectivity index (χ0v) is 9.09. The first-order valence-corrected chi connectivity index (χ1v) is 4.95. The van der Waals surface area contributed by atoms with Gasteiger partial charge in [-0.3, -0.25) is 0 Å². The van der Waals surface area contributed by atoms with Crippen molar-refractivity contribution in [2.45, 2.75) is 39.7 Å². The van der Waals surface area contributed by atoms with E-state index in [-0.39, 0.29) is 0 Å². The summed E-state index contributed by atoms with van der Waals surface area (Å²) >= 11 is 0. The van der Waals surface area contributed by atoms with Crippen LogP contribution in [0.4, 0.5) is 0 Å². The molecule has 74 valence electrons. The van der Waals surface area contributed by atoms with Gasteiger partial charge in [-0.2, -0.15) is 0 Å². The first-order chi connectivity index (χ1) is 5.54. The molecular weight excluding hydrogens is 150 g/mol. The van der Waals surface area contributed by atoms with Gasteiger partial charge in [0.05, 0.1) is 5.60 Å². The Hall–Kier alpha value is -0.0800. The van der Waals surface area contributed by atoms with Gasteiger partial charge in [-0.1, -0.05) is 27.7 Å². The van der Waals surface area contributed by atoms with Crippen LogP contribution in [0.1, 0.15) is 34.1 Å². The van der Waals surface area contributed by atoms with Gasteiger partial charge in [0.1, 0.15) is 0 Å². The third kappa shape index (κ3) is 2.76. The fourth-order valence-electron chi connectivity index (χ4n) is 1.48. The summed E-state index contributed by atoms with van der Waals surface area (Å²) in [5, 5.41) is 9.90. The Balaban J connectivity index is 0.000000561. The van der Waals surface area contributed by atoms with E-state index in [1.165, 1.54) is 0 Å². The fraction of sp³-hybridized carbons (Fsp3) is 1.00. The van der Waals surface area contributed by atoms with Crippen molar-refractivity contribution in [2.75, 3.05) is 20.1 Å². The molecule has 1 aliphatic heterocycles. The van der Waals surface area contributed by atoms with Gasteiger partial charge in [-0.05, 0) is 19.4 Å². The van der Waals surface area contributed by atoms with Crippen LogP contribution in [-0.2, 0) is 0 Å². The fourth-order valence-corrected chi connectivity index (χ4v) is 1.48. The third-order valence-electron chi connectivity index (χ3n) is 2.54. The summed E-state index contributed by atoms with van der Waals surface area (Å²) in [6.45, 7) is 10.0. The monoisotopic (exact) mass is 173 g/mol. The van der Waals surface area contributed by atoms with Crippen LogP contribution in [0.15, 0.2) is 0 Å². The van der Waals surface area contributed by atoms with E-state index in [1.54, 1.807) is 0 Å². The molecule has 0 aliphatic carbocycles. The Morgan fingerprint density at radius 2 is 1.83 bits per heavy atom. The van der Waals surface area contributed by atoms with E-state index < -0.39 is 5.60 Å². The number of nitrogens with zero attached hydrogens (tertiary/aromatic N) is 1. The highest BCUT2D eigenvalue weighted by molar-refractivity contribution is 4.90. The molecule has 0 bridgehead atoms. The Bertz CT molecular complexity index is 125. The van der Waals surface area contributed by atoms with Crippen molar-refractivity contribution in [3.8, 4) is 0 Å². The van der Waals surface area contributed by atoms with E-state index in [0.717, 1.165) is 19.5 Å². The SMILES string of the molecule is CC.CC(C)C1(O)CCN(C)C1. The minimum atomic E-state index is -0.408. The van der Waals surface area contributed by atoms with Gasteiger partial charge < -0.3 is 10.0 Å². The molecule has 0 saturated carbocycles. The third-order valence-corrected chi connectivity index (χ3v) is 2.54. The predicted molar refractivity (Wildman–Crippen MR) is 53.2 cm³/mol. The molecule has 1 unspecified atom stereocenters. The Morgan fingerprint density at radius 3 is 2.00 bits per heavy atom. The minimum Gasteiger partial charge on any atom is -0.388 e. The molecule has 0 aromatic rings. The van der Waals surface area contributed by atoms with Crippen molar-refractivity contribution in [1.29, 1.82) is 0 Å². The molecule has 0 radical (unpaired) electrons. The van der Waals surface area contributed by atoms with E-state index >= 15 is 0 Å². The van der Waals surface area contributed by atoms with E-state index in [0.29, 0.717) is 5.92 Å². The first-order valence-electron chi connectivity index (χ1n) is 4.95. The molecule has 1 saturated heterocycles. The van der Waals surface area contributed by atoms with Crippen molar-refractivity contribution in [3.63, 3.8) is 0 Å². The summed E-state index contributed by atoms with van der Waals surface area (Å²) in [7, 11) is 2.06. The van der Waals surface area contributed by atoms with Crippen LogP contribution in [0, 0.1) is 5.92 Å². The van der Waals surface area contributed by atoms with Crippen molar-refractivity contribution in [2.24, 2.45) is 5.92 Å². The maximum Gasteiger partial charge on any atom is 0.0808 e. The maximum absolute atomic E-state index is 9.90. The molecule has 0 aromatic carbocycles. The number of likely N-dealkylation sites (tertiary alicyclic amines) is 1. The van der Waals surface area contributed by atoms with E-state index in [4.69, 9.17) is 0 Å². The Morgan fingerprint density at radius 1 is 1.33 bits per heavy atom. The molecule has 1 aliphatic rings. The second kappa shape index (κ2) is 4.83. The summed E-state index contributed by atoms with van der Waals surface area (Å²) in [5.41, 5.74) is -0.408. The number of hydrogen-bond donors (Lipinski definition) is 1.